The zero-order valence-corrected chi connectivity index (χ0v) is 14.4. The predicted octanol–water partition coefficient (Wildman–Crippen LogP) is 2.41. The fourth-order valence-electron chi connectivity index (χ4n) is 3.34. The summed E-state index contributed by atoms with van der Waals surface area (Å²) in [5, 5.41) is 0. The van der Waals surface area contributed by atoms with Gasteiger partial charge in [0, 0.05) is 25.2 Å². The lowest BCUT2D eigenvalue weighted by atomic mass is 10.1. The van der Waals surface area contributed by atoms with E-state index in [4.69, 9.17) is 0 Å². The summed E-state index contributed by atoms with van der Waals surface area (Å²) in [7, 11) is 0. The highest BCUT2D eigenvalue weighted by Gasteiger charge is 2.45. The van der Waals surface area contributed by atoms with Gasteiger partial charge in [0.25, 0.3) is 23.6 Å². The van der Waals surface area contributed by atoms with Crippen LogP contribution in [0.25, 0.3) is 0 Å². The number of carbonyl (C=O) groups is 4. The molecule has 0 unspecified atom stereocenters. The van der Waals surface area contributed by atoms with E-state index in [1.807, 2.05) is 0 Å². The topological polar surface area (TPSA) is 74.8 Å². The van der Waals surface area contributed by atoms with Crippen LogP contribution in [-0.4, -0.2) is 46.5 Å². The number of benzene rings is 2. The Morgan fingerprint density at radius 1 is 0.500 bits per heavy atom. The van der Waals surface area contributed by atoms with E-state index in [0.717, 1.165) is 0 Å². The molecule has 30 heavy (non-hydrogen) atoms. The third-order valence-corrected chi connectivity index (χ3v) is 4.73. The van der Waals surface area contributed by atoms with Gasteiger partial charge in [-0.3, -0.25) is 29.0 Å². The molecule has 6 nitrogen and oxygen atoms in total. The van der Waals surface area contributed by atoms with E-state index in [0.29, 0.717) is 0 Å². The molecule has 0 aliphatic carbocycles. The van der Waals surface area contributed by atoms with Crippen molar-refractivity contribution in [3.05, 3.63) is 69.3 Å². The zero-order valence-electron chi connectivity index (χ0n) is 14.4. The molecule has 0 spiro atoms. The summed E-state index contributed by atoms with van der Waals surface area (Å²) in [6, 6.07) is 0.153. The van der Waals surface area contributed by atoms with Crippen LogP contribution < -0.4 is 0 Å². The first-order chi connectivity index (χ1) is 14.1. The minimum atomic E-state index is -1.76. The predicted molar refractivity (Wildman–Crippen MR) is 83.4 cm³/mol. The number of nitrogens with zero attached hydrogens (tertiary/aromatic N) is 2. The summed E-state index contributed by atoms with van der Waals surface area (Å²) in [5.74, 6) is -15.5. The summed E-state index contributed by atoms with van der Waals surface area (Å²) in [6.45, 7) is -1.63. The smallest absolute Gasteiger partial charge is 0.264 e. The van der Waals surface area contributed by atoms with Crippen LogP contribution in [0.1, 0.15) is 41.4 Å². The first-order valence-electron chi connectivity index (χ1n) is 8.13. The average molecular weight is 428 g/mol. The van der Waals surface area contributed by atoms with E-state index < -0.39 is 93.9 Å². The maximum Gasteiger partial charge on any atom is 0.264 e. The van der Waals surface area contributed by atoms with Crippen LogP contribution in [0.3, 0.4) is 0 Å². The fraction of sp³-hybridized carbons (Fsp3) is 0.111. The molecule has 0 bridgehead atoms. The number of rotatable bonds is 3. The third kappa shape index (κ3) is 2.46. The fourth-order valence-corrected chi connectivity index (χ4v) is 3.34. The summed E-state index contributed by atoms with van der Waals surface area (Å²) < 4.78 is 82.2. The number of carbonyl (C=O) groups excluding carboxylic acids is 4. The molecule has 0 radical (unpaired) electrons. The Kier molecular flexibility index (Phi) is 4.19. The molecule has 0 N–H and O–H groups in total. The molecule has 2 aliphatic rings. The Morgan fingerprint density at radius 3 is 1.13 bits per heavy atom. The quantitative estimate of drug-likeness (QED) is 0.428. The molecule has 2 aromatic rings. The van der Waals surface area contributed by atoms with Crippen molar-refractivity contribution in [2.75, 3.05) is 13.1 Å². The van der Waals surface area contributed by atoms with Crippen molar-refractivity contribution in [3.8, 4) is 0 Å². The van der Waals surface area contributed by atoms with Crippen LogP contribution in [0.4, 0.5) is 26.3 Å². The standard InChI is InChI=1S/C18H6F6N2O4/c19-5-3-7(21)13(23)11-9(5)15(27)25(17(11)29)1-2-26-16(28)10-6(20)4-8(22)14(24)12(10)18(26)30/h3-4H,1-2H2. The first-order valence-corrected chi connectivity index (χ1v) is 8.13. The summed E-state index contributed by atoms with van der Waals surface area (Å²) >= 11 is 0. The molecule has 0 fully saturated rings. The third-order valence-electron chi connectivity index (χ3n) is 4.73. The normalized spacial score (nSPS) is 15.4. The lowest BCUT2D eigenvalue weighted by Gasteiger charge is -2.18. The van der Waals surface area contributed by atoms with Crippen molar-refractivity contribution in [3.63, 3.8) is 0 Å². The largest absolute Gasteiger partial charge is 0.272 e. The molecule has 0 saturated carbocycles. The van der Waals surface area contributed by atoms with E-state index >= 15 is 0 Å². The van der Waals surface area contributed by atoms with Crippen LogP contribution in [0.2, 0.25) is 0 Å². The van der Waals surface area contributed by atoms with Gasteiger partial charge >= 0.3 is 0 Å². The highest BCUT2D eigenvalue weighted by atomic mass is 19.2. The van der Waals surface area contributed by atoms with E-state index in [1.54, 1.807) is 0 Å². The second-order valence-electron chi connectivity index (χ2n) is 6.33. The molecule has 2 aromatic carbocycles. The molecule has 0 saturated heterocycles. The van der Waals surface area contributed by atoms with Crippen LogP contribution in [-0.2, 0) is 0 Å². The maximum atomic E-state index is 13.9. The van der Waals surface area contributed by atoms with Crippen molar-refractivity contribution in [2.24, 2.45) is 0 Å². The van der Waals surface area contributed by atoms with Crippen LogP contribution >= 0.6 is 0 Å². The summed E-state index contributed by atoms with van der Waals surface area (Å²) in [6.07, 6.45) is 0. The molecule has 154 valence electrons. The number of imide groups is 2. The van der Waals surface area contributed by atoms with Gasteiger partial charge in [0.2, 0.25) is 0 Å². The van der Waals surface area contributed by atoms with Gasteiger partial charge in [-0.25, -0.2) is 26.3 Å². The van der Waals surface area contributed by atoms with Crippen molar-refractivity contribution in [1.29, 1.82) is 0 Å². The molecular weight excluding hydrogens is 422 g/mol. The van der Waals surface area contributed by atoms with E-state index in [-0.39, 0.29) is 21.9 Å². The molecule has 4 amide bonds. The first kappa shape index (κ1) is 19.6. The van der Waals surface area contributed by atoms with Crippen molar-refractivity contribution < 1.29 is 45.5 Å². The number of amides is 4. The summed E-state index contributed by atoms with van der Waals surface area (Å²) in [4.78, 5) is 49.5. The van der Waals surface area contributed by atoms with Crippen molar-refractivity contribution in [1.82, 2.24) is 9.80 Å². The Balaban J connectivity index is 1.62. The Morgan fingerprint density at radius 2 is 0.800 bits per heavy atom. The van der Waals surface area contributed by atoms with E-state index in [9.17, 15) is 45.5 Å². The highest BCUT2D eigenvalue weighted by molar-refractivity contribution is 6.23. The Hall–Kier alpha value is -3.70. The van der Waals surface area contributed by atoms with E-state index in [2.05, 4.69) is 0 Å². The minimum absolute atomic E-state index is 0.0765. The van der Waals surface area contributed by atoms with Crippen molar-refractivity contribution >= 4 is 23.6 Å². The SMILES string of the molecule is O=C1c2c(F)cc(F)c(F)c2C(=O)N1CCN1C(=O)c2c(F)cc(F)c(F)c2C1=O. The second kappa shape index (κ2) is 6.40. The number of hydrogen-bond acceptors (Lipinski definition) is 4. The monoisotopic (exact) mass is 428 g/mol. The molecule has 12 heteroatoms. The molecule has 2 aliphatic heterocycles. The molecule has 0 aromatic heterocycles. The lowest BCUT2D eigenvalue weighted by Crippen LogP contribution is -2.40. The molecule has 4 rings (SSSR count). The maximum absolute atomic E-state index is 13.9. The van der Waals surface area contributed by atoms with Gasteiger partial charge in [-0.05, 0) is 0 Å². The van der Waals surface area contributed by atoms with Gasteiger partial charge in [0.1, 0.15) is 11.6 Å². The Labute approximate surface area is 162 Å². The van der Waals surface area contributed by atoms with Crippen LogP contribution in [0.15, 0.2) is 12.1 Å². The molecular formula is C18H6F6N2O4. The summed E-state index contributed by atoms with van der Waals surface area (Å²) in [5.41, 5.74) is -4.36. The highest BCUT2D eigenvalue weighted by Crippen LogP contribution is 2.31. The second-order valence-corrected chi connectivity index (χ2v) is 6.33. The number of halogens is 6. The van der Waals surface area contributed by atoms with Gasteiger partial charge in [-0.15, -0.1) is 0 Å². The minimum Gasteiger partial charge on any atom is -0.272 e. The van der Waals surface area contributed by atoms with Gasteiger partial charge in [0.15, 0.2) is 23.3 Å². The van der Waals surface area contributed by atoms with Crippen molar-refractivity contribution in [2.45, 2.75) is 0 Å². The lowest BCUT2D eigenvalue weighted by molar-refractivity contribution is 0.0557. The number of fused-ring (bicyclic) bond motifs is 2. The van der Waals surface area contributed by atoms with E-state index in [1.165, 1.54) is 0 Å². The van der Waals surface area contributed by atoms with Gasteiger partial charge in [-0.2, -0.15) is 0 Å². The van der Waals surface area contributed by atoms with Gasteiger partial charge in [-0.1, -0.05) is 0 Å². The van der Waals surface area contributed by atoms with Crippen LogP contribution in [0.5, 0.6) is 0 Å². The zero-order chi connectivity index (χ0) is 22.1. The molecule has 2 heterocycles. The van der Waals surface area contributed by atoms with Crippen LogP contribution in [0, 0.1) is 34.9 Å². The Bertz CT molecular complexity index is 1120. The average Bonchev–Trinajstić information content (AvgIpc) is 3.07. The number of hydrogen-bond donors (Lipinski definition) is 0. The van der Waals surface area contributed by atoms with Gasteiger partial charge < -0.3 is 0 Å². The van der Waals surface area contributed by atoms with Gasteiger partial charge in [0.05, 0.1) is 22.3 Å². The molecule has 0 atom stereocenters.